The quantitative estimate of drug-likeness (QED) is 0.658. The Kier molecular flexibility index (Phi) is 1.66. The molecule has 0 unspecified atom stereocenters. The molecule has 0 aliphatic rings. The Morgan fingerprint density at radius 2 is 2.23 bits per heavy atom. The number of hydrogen-bond donors (Lipinski definition) is 1. The molecule has 1 N–H and O–H groups in total. The van der Waals surface area contributed by atoms with E-state index in [9.17, 15) is 9.90 Å². The summed E-state index contributed by atoms with van der Waals surface area (Å²) < 4.78 is 0. The van der Waals surface area contributed by atoms with E-state index in [-0.39, 0.29) is 11.4 Å². The van der Waals surface area contributed by atoms with Crippen LogP contribution in [0.3, 0.4) is 0 Å². The number of carbonyl (C=O) groups is 1. The first-order valence-corrected chi connectivity index (χ1v) is 3.71. The molecular weight excluding hydrogens is 168 g/mol. The third kappa shape index (κ3) is 1.22. The summed E-state index contributed by atoms with van der Waals surface area (Å²) in [5, 5.41) is 9.37. The minimum atomic E-state index is 0.0358. The number of rotatable bonds is 1. The topological polar surface area (TPSA) is 63.1 Å². The van der Waals surface area contributed by atoms with Crippen molar-refractivity contribution in [2.24, 2.45) is 0 Å². The minimum Gasteiger partial charge on any atom is -0.506 e. The summed E-state index contributed by atoms with van der Waals surface area (Å²) in [4.78, 5) is 18.2. The normalized spacial score (nSPS) is 10.2. The molecule has 13 heavy (non-hydrogen) atoms. The highest BCUT2D eigenvalue weighted by molar-refractivity contribution is 5.83. The Morgan fingerprint density at radius 1 is 1.38 bits per heavy atom. The largest absolute Gasteiger partial charge is 0.506 e. The molecule has 0 aliphatic heterocycles. The first-order chi connectivity index (χ1) is 6.31. The minimum absolute atomic E-state index is 0.0358. The zero-order valence-electron chi connectivity index (χ0n) is 6.64. The van der Waals surface area contributed by atoms with Crippen molar-refractivity contribution in [2.45, 2.75) is 0 Å². The molecule has 0 aliphatic carbocycles. The first kappa shape index (κ1) is 7.67. The number of aromatic hydroxyl groups is 1. The fraction of sp³-hybridized carbons (Fsp3) is 0. The highest BCUT2D eigenvalue weighted by Crippen LogP contribution is 2.19. The summed E-state index contributed by atoms with van der Waals surface area (Å²) in [5.41, 5.74) is 1.15. The lowest BCUT2D eigenvalue weighted by atomic mass is 10.3. The number of fused-ring (bicyclic) bond motifs is 1. The van der Waals surface area contributed by atoms with Gasteiger partial charge in [-0.15, -0.1) is 0 Å². The number of carbonyl (C=O) groups excluding carboxylic acids is 1. The summed E-state index contributed by atoms with van der Waals surface area (Å²) in [6.07, 6.45) is 1.97. The van der Waals surface area contributed by atoms with Crippen molar-refractivity contribution in [1.29, 1.82) is 0 Å². The second-order valence-corrected chi connectivity index (χ2v) is 2.56. The summed E-state index contributed by atoms with van der Waals surface area (Å²) in [6.45, 7) is 0. The smallest absolute Gasteiger partial charge is 0.170 e. The van der Waals surface area contributed by atoms with Gasteiger partial charge in [0.1, 0.15) is 17.0 Å². The van der Waals surface area contributed by atoms with E-state index in [2.05, 4.69) is 9.97 Å². The molecule has 0 saturated carbocycles. The number of para-hydroxylation sites is 1. The third-order valence-corrected chi connectivity index (χ3v) is 1.69. The van der Waals surface area contributed by atoms with Crippen molar-refractivity contribution in [2.75, 3.05) is 0 Å². The van der Waals surface area contributed by atoms with Crippen LogP contribution in [0.2, 0.25) is 0 Å². The van der Waals surface area contributed by atoms with Gasteiger partial charge in [0.05, 0.1) is 11.7 Å². The predicted molar refractivity (Wildman–Crippen MR) is 46.6 cm³/mol. The second kappa shape index (κ2) is 2.82. The van der Waals surface area contributed by atoms with Crippen LogP contribution in [0.1, 0.15) is 10.5 Å². The fourth-order valence-corrected chi connectivity index (χ4v) is 1.09. The lowest BCUT2D eigenvalue weighted by molar-refractivity contribution is 0.111. The summed E-state index contributed by atoms with van der Waals surface area (Å²) in [6, 6.07) is 4.90. The molecule has 1 aromatic heterocycles. The zero-order chi connectivity index (χ0) is 9.26. The van der Waals surface area contributed by atoms with Gasteiger partial charge in [0, 0.05) is 0 Å². The molecule has 0 saturated heterocycles. The van der Waals surface area contributed by atoms with Crippen molar-refractivity contribution in [3.8, 4) is 5.75 Å². The van der Waals surface area contributed by atoms with E-state index in [0.717, 1.165) is 0 Å². The monoisotopic (exact) mass is 174 g/mol. The van der Waals surface area contributed by atoms with Crippen molar-refractivity contribution in [3.05, 3.63) is 30.1 Å². The van der Waals surface area contributed by atoms with Gasteiger partial charge >= 0.3 is 0 Å². The number of aromatic nitrogens is 2. The molecule has 64 valence electrons. The summed E-state index contributed by atoms with van der Waals surface area (Å²) >= 11 is 0. The highest BCUT2D eigenvalue weighted by Gasteiger charge is 2.02. The van der Waals surface area contributed by atoms with Crippen LogP contribution in [0.15, 0.2) is 24.4 Å². The maximum absolute atomic E-state index is 10.4. The Labute approximate surface area is 73.9 Å². The number of phenolic OH excluding ortho intramolecular Hbond substituents is 1. The van der Waals surface area contributed by atoms with Crippen LogP contribution < -0.4 is 0 Å². The fourth-order valence-electron chi connectivity index (χ4n) is 1.09. The number of benzene rings is 1. The van der Waals surface area contributed by atoms with Crippen molar-refractivity contribution in [1.82, 2.24) is 9.97 Å². The number of phenols is 1. The molecule has 2 rings (SSSR count). The standard InChI is InChI=1S/C9H6N2O2/c12-5-6-4-10-7-2-1-3-8(13)9(7)11-6/h1-5,13H. The van der Waals surface area contributed by atoms with E-state index in [4.69, 9.17) is 0 Å². The Morgan fingerprint density at radius 3 is 3.00 bits per heavy atom. The van der Waals surface area contributed by atoms with E-state index in [1.807, 2.05) is 0 Å². The molecule has 4 heteroatoms. The summed E-state index contributed by atoms with van der Waals surface area (Å²) in [7, 11) is 0. The van der Waals surface area contributed by atoms with E-state index >= 15 is 0 Å². The van der Waals surface area contributed by atoms with Gasteiger partial charge < -0.3 is 5.11 Å². The average Bonchev–Trinajstić information content (AvgIpc) is 2.18. The van der Waals surface area contributed by atoms with Crippen molar-refractivity contribution >= 4 is 17.3 Å². The SMILES string of the molecule is O=Cc1cnc2cccc(O)c2n1. The number of hydrogen-bond acceptors (Lipinski definition) is 4. The highest BCUT2D eigenvalue weighted by atomic mass is 16.3. The Hall–Kier alpha value is -1.97. The summed E-state index contributed by atoms with van der Waals surface area (Å²) in [5.74, 6) is 0.0358. The maximum atomic E-state index is 10.4. The van der Waals surface area contributed by atoms with Crippen molar-refractivity contribution < 1.29 is 9.90 Å². The Balaban J connectivity index is 2.81. The van der Waals surface area contributed by atoms with Crippen LogP contribution in [0, 0.1) is 0 Å². The van der Waals surface area contributed by atoms with Gasteiger partial charge in [-0.25, -0.2) is 4.98 Å². The van der Waals surface area contributed by atoms with Crippen LogP contribution in [0.5, 0.6) is 5.75 Å². The van der Waals surface area contributed by atoms with Crippen LogP contribution >= 0.6 is 0 Å². The van der Waals surface area contributed by atoms with Gasteiger partial charge in [0.25, 0.3) is 0 Å². The first-order valence-electron chi connectivity index (χ1n) is 3.71. The van der Waals surface area contributed by atoms with E-state index < -0.39 is 0 Å². The van der Waals surface area contributed by atoms with Gasteiger partial charge in [-0.1, -0.05) is 6.07 Å². The van der Waals surface area contributed by atoms with Gasteiger partial charge in [-0.2, -0.15) is 0 Å². The molecule has 1 aromatic carbocycles. The molecule has 0 fully saturated rings. The molecule has 0 bridgehead atoms. The molecule has 0 amide bonds. The van der Waals surface area contributed by atoms with E-state index in [0.29, 0.717) is 17.3 Å². The lowest BCUT2D eigenvalue weighted by Crippen LogP contribution is -1.90. The predicted octanol–water partition coefficient (Wildman–Crippen LogP) is 1.15. The van der Waals surface area contributed by atoms with Gasteiger partial charge in [-0.05, 0) is 12.1 Å². The van der Waals surface area contributed by atoms with Gasteiger partial charge in [0.2, 0.25) is 0 Å². The van der Waals surface area contributed by atoms with Crippen LogP contribution in [-0.4, -0.2) is 21.4 Å². The lowest BCUT2D eigenvalue weighted by Gasteiger charge is -1.98. The van der Waals surface area contributed by atoms with Crippen LogP contribution in [0.4, 0.5) is 0 Å². The zero-order valence-corrected chi connectivity index (χ0v) is 6.64. The number of nitrogens with zero attached hydrogens (tertiary/aromatic N) is 2. The molecule has 0 spiro atoms. The van der Waals surface area contributed by atoms with Gasteiger partial charge in [0.15, 0.2) is 6.29 Å². The molecule has 0 atom stereocenters. The average molecular weight is 174 g/mol. The van der Waals surface area contributed by atoms with Crippen LogP contribution in [0.25, 0.3) is 11.0 Å². The second-order valence-electron chi connectivity index (χ2n) is 2.56. The van der Waals surface area contributed by atoms with Gasteiger partial charge in [-0.3, -0.25) is 9.78 Å². The molecule has 0 radical (unpaired) electrons. The Bertz CT molecular complexity index is 468. The molecule has 1 heterocycles. The third-order valence-electron chi connectivity index (χ3n) is 1.69. The van der Waals surface area contributed by atoms with E-state index in [1.165, 1.54) is 12.3 Å². The molecule has 4 nitrogen and oxygen atoms in total. The molecular formula is C9H6N2O2. The molecule has 2 aromatic rings. The maximum Gasteiger partial charge on any atom is 0.170 e. The van der Waals surface area contributed by atoms with E-state index in [1.54, 1.807) is 12.1 Å². The van der Waals surface area contributed by atoms with Crippen molar-refractivity contribution in [3.63, 3.8) is 0 Å². The van der Waals surface area contributed by atoms with Crippen LogP contribution in [-0.2, 0) is 0 Å². The number of aldehydes is 1.